The third-order valence-corrected chi connectivity index (χ3v) is 3.82. The molecule has 2 aliphatic rings. The molecule has 0 unspecified atom stereocenters. The summed E-state index contributed by atoms with van der Waals surface area (Å²) in [5, 5.41) is 6.26. The van der Waals surface area contributed by atoms with Gasteiger partial charge in [0.25, 0.3) is 5.91 Å². The zero-order valence-corrected chi connectivity index (χ0v) is 11.5. The van der Waals surface area contributed by atoms with Crippen molar-refractivity contribution in [1.82, 2.24) is 5.32 Å². The molecule has 0 atom stereocenters. The molecule has 5 heteroatoms. The van der Waals surface area contributed by atoms with E-state index in [-0.39, 0.29) is 5.91 Å². The first kappa shape index (κ1) is 13.2. The van der Waals surface area contributed by atoms with E-state index in [0.29, 0.717) is 30.4 Å². The summed E-state index contributed by atoms with van der Waals surface area (Å²) in [6, 6.07) is 5.62. The molecule has 0 aromatic heterocycles. The first-order chi connectivity index (χ1) is 9.84. The number of carbonyl (C=O) groups is 1. The second-order valence-electron chi connectivity index (χ2n) is 5.22. The second kappa shape index (κ2) is 6.13. The molecule has 2 aliphatic heterocycles. The summed E-state index contributed by atoms with van der Waals surface area (Å²) in [6.07, 6.45) is 2.04. The van der Waals surface area contributed by atoms with E-state index >= 15 is 0 Å². The second-order valence-corrected chi connectivity index (χ2v) is 5.22. The van der Waals surface area contributed by atoms with Gasteiger partial charge in [-0.15, -0.1) is 0 Å². The third-order valence-electron chi connectivity index (χ3n) is 3.82. The maximum atomic E-state index is 12.3. The van der Waals surface area contributed by atoms with Crippen molar-refractivity contribution >= 4 is 11.6 Å². The Morgan fingerprint density at radius 1 is 1.30 bits per heavy atom. The van der Waals surface area contributed by atoms with E-state index in [4.69, 9.17) is 9.47 Å². The summed E-state index contributed by atoms with van der Waals surface area (Å²) >= 11 is 0. The van der Waals surface area contributed by atoms with Gasteiger partial charge < -0.3 is 20.1 Å². The summed E-state index contributed by atoms with van der Waals surface area (Å²) in [6.45, 7) is 3.68. The molecule has 0 spiro atoms. The zero-order valence-electron chi connectivity index (χ0n) is 11.5. The largest absolute Gasteiger partial charge is 0.489 e. The minimum atomic E-state index is -0.0583. The average molecular weight is 276 g/mol. The lowest BCUT2D eigenvalue weighted by Gasteiger charge is -2.24. The van der Waals surface area contributed by atoms with Crippen LogP contribution in [-0.2, 0) is 4.74 Å². The molecule has 1 saturated heterocycles. The predicted octanol–water partition coefficient (Wildman–Crippen LogP) is 1.65. The van der Waals surface area contributed by atoms with E-state index in [1.54, 1.807) is 0 Å². The first-order valence-corrected chi connectivity index (χ1v) is 7.20. The summed E-state index contributed by atoms with van der Waals surface area (Å²) < 4.78 is 10.9. The number of carbonyl (C=O) groups excluding carboxylic acids is 1. The van der Waals surface area contributed by atoms with Crippen LogP contribution in [0.1, 0.15) is 23.2 Å². The van der Waals surface area contributed by atoms with E-state index in [0.717, 1.165) is 38.3 Å². The topological polar surface area (TPSA) is 59.6 Å². The van der Waals surface area contributed by atoms with Gasteiger partial charge in [0.05, 0.1) is 11.3 Å². The van der Waals surface area contributed by atoms with Gasteiger partial charge in [-0.2, -0.15) is 0 Å². The third kappa shape index (κ3) is 2.88. The smallest absolute Gasteiger partial charge is 0.255 e. The van der Waals surface area contributed by atoms with E-state index in [1.165, 1.54) is 0 Å². The van der Waals surface area contributed by atoms with Gasteiger partial charge in [-0.05, 0) is 30.9 Å². The van der Waals surface area contributed by atoms with Crippen molar-refractivity contribution in [2.24, 2.45) is 5.92 Å². The number of benzene rings is 1. The normalized spacial score (nSPS) is 18.6. The Hall–Kier alpha value is -1.75. The van der Waals surface area contributed by atoms with Gasteiger partial charge in [0.2, 0.25) is 0 Å². The van der Waals surface area contributed by atoms with Crippen molar-refractivity contribution in [1.29, 1.82) is 0 Å². The standard InChI is InChI=1S/C15H20N2O3/c18-15(17-10-11-4-7-19-8-5-11)12-2-1-3-13-14(12)20-9-6-16-13/h1-3,11,16H,4-10H2,(H,17,18). The van der Waals surface area contributed by atoms with Crippen LogP contribution in [0.3, 0.4) is 0 Å². The Morgan fingerprint density at radius 2 is 2.15 bits per heavy atom. The highest BCUT2D eigenvalue weighted by Crippen LogP contribution is 2.31. The molecule has 108 valence electrons. The molecule has 0 aliphatic carbocycles. The minimum absolute atomic E-state index is 0.0583. The van der Waals surface area contributed by atoms with Gasteiger partial charge in [-0.25, -0.2) is 0 Å². The van der Waals surface area contributed by atoms with Crippen molar-refractivity contribution in [2.75, 3.05) is 38.2 Å². The molecule has 2 heterocycles. The van der Waals surface area contributed by atoms with Crippen molar-refractivity contribution in [3.05, 3.63) is 23.8 Å². The van der Waals surface area contributed by atoms with Crippen LogP contribution in [0.25, 0.3) is 0 Å². The Labute approximate surface area is 118 Å². The monoisotopic (exact) mass is 276 g/mol. The van der Waals surface area contributed by atoms with Crippen LogP contribution >= 0.6 is 0 Å². The van der Waals surface area contributed by atoms with Crippen molar-refractivity contribution in [2.45, 2.75) is 12.8 Å². The zero-order chi connectivity index (χ0) is 13.8. The van der Waals surface area contributed by atoms with E-state index in [9.17, 15) is 4.79 Å². The van der Waals surface area contributed by atoms with Crippen LogP contribution in [0.2, 0.25) is 0 Å². The van der Waals surface area contributed by atoms with Gasteiger partial charge >= 0.3 is 0 Å². The molecule has 2 N–H and O–H groups in total. The Morgan fingerprint density at radius 3 is 3.00 bits per heavy atom. The number of amides is 1. The lowest BCUT2D eigenvalue weighted by Crippen LogP contribution is -2.33. The van der Waals surface area contributed by atoms with Crippen molar-refractivity contribution in [3.8, 4) is 5.75 Å². The summed E-state index contributed by atoms with van der Waals surface area (Å²) in [4.78, 5) is 12.3. The predicted molar refractivity (Wildman–Crippen MR) is 76.3 cm³/mol. The number of fused-ring (bicyclic) bond motifs is 1. The van der Waals surface area contributed by atoms with E-state index in [1.807, 2.05) is 18.2 Å². The van der Waals surface area contributed by atoms with Crippen LogP contribution in [0.15, 0.2) is 18.2 Å². The maximum absolute atomic E-state index is 12.3. The lowest BCUT2D eigenvalue weighted by molar-refractivity contribution is 0.0642. The van der Waals surface area contributed by atoms with E-state index in [2.05, 4.69) is 10.6 Å². The molecule has 3 rings (SSSR count). The number of nitrogens with one attached hydrogen (secondary N) is 2. The van der Waals surface area contributed by atoms with Crippen LogP contribution in [0.4, 0.5) is 5.69 Å². The molecule has 1 aromatic rings. The molecule has 0 radical (unpaired) electrons. The van der Waals surface area contributed by atoms with Crippen LogP contribution in [-0.4, -0.2) is 38.8 Å². The number of hydrogen-bond acceptors (Lipinski definition) is 4. The lowest BCUT2D eigenvalue weighted by atomic mass is 10.0. The number of hydrogen-bond donors (Lipinski definition) is 2. The Bertz CT molecular complexity index is 484. The van der Waals surface area contributed by atoms with Gasteiger partial charge in [0.1, 0.15) is 6.61 Å². The average Bonchev–Trinajstić information content (AvgIpc) is 2.53. The number of rotatable bonds is 3. The van der Waals surface area contributed by atoms with Gasteiger partial charge in [-0.3, -0.25) is 4.79 Å². The SMILES string of the molecule is O=C(NCC1CCOCC1)c1cccc2c1OCCN2. The highest BCUT2D eigenvalue weighted by molar-refractivity contribution is 5.98. The summed E-state index contributed by atoms with van der Waals surface area (Å²) in [5.41, 5.74) is 1.51. The summed E-state index contributed by atoms with van der Waals surface area (Å²) in [5.74, 6) is 1.13. The quantitative estimate of drug-likeness (QED) is 0.881. The van der Waals surface area contributed by atoms with Crippen molar-refractivity contribution in [3.63, 3.8) is 0 Å². The molecule has 0 bridgehead atoms. The molecule has 1 fully saturated rings. The molecule has 20 heavy (non-hydrogen) atoms. The summed E-state index contributed by atoms with van der Waals surface area (Å²) in [7, 11) is 0. The van der Waals surface area contributed by atoms with Gasteiger partial charge in [-0.1, -0.05) is 6.07 Å². The van der Waals surface area contributed by atoms with E-state index < -0.39 is 0 Å². The molecule has 1 amide bonds. The van der Waals surface area contributed by atoms with Crippen LogP contribution in [0, 0.1) is 5.92 Å². The first-order valence-electron chi connectivity index (χ1n) is 7.20. The highest BCUT2D eigenvalue weighted by Gasteiger charge is 2.20. The number of anilines is 1. The maximum Gasteiger partial charge on any atom is 0.255 e. The molecule has 5 nitrogen and oxygen atoms in total. The van der Waals surface area contributed by atoms with Crippen LogP contribution in [0.5, 0.6) is 5.75 Å². The molecular weight excluding hydrogens is 256 g/mol. The fourth-order valence-electron chi connectivity index (χ4n) is 2.63. The van der Waals surface area contributed by atoms with Crippen molar-refractivity contribution < 1.29 is 14.3 Å². The minimum Gasteiger partial charge on any atom is -0.489 e. The fourth-order valence-corrected chi connectivity index (χ4v) is 2.63. The number of ether oxygens (including phenoxy) is 2. The highest BCUT2D eigenvalue weighted by atomic mass is 16.5. The fraction of sp³-hybridized carbons (Fsp3) is 0.533. The Kier molecular flexibility index (Phi) is 4.06. The van der Waals surface area contributed by atoms with Gasteiger partial charge in [0, 0.05) is 26.3 Å². The molecule has 0 saturated carbocycles. The van der Waals surface area contributed by atoms with Crippen LogP contribution < -0.4 is 15.4 Å². The molecular formula is C15H20N2O3. The molecule has 1 aromatic carbocycles. The number of para-hydroxylation sites is 1. The van der Waals surface area contributed by atoms with Gasteiger partial charge in [0.15, 0.2) is 5.75 Å². The Balaban J connectivity index is 1.64.